The number of halogens is 2. The molecule has 1 heterocycles. The maximum atomic E-state index is 12.7. The zero-order valence-electron chi connectivity index (χ0n) is 13.3. The molecule has 0 radical (unpaired) electrons. The summed E-state index contributed by atoms with van der Waals surface area (Å²) in [6, 6.07) is 4.55. The first-order valence-electron chi connectivity index (χ1n) is 7.75. The minimum absolute atomic E-state index is 0.0681. The molecule has 25 heavy (non-hydrogen) atoms. The molecule has 7 nitrogen and oxygen atoms in total. The van der Waals surface area contributed by atoms with Gasteiger partial charge in [-0.05, 0) is 37.5 Å². The first-order valence-corrected chi connectivity index (χ1v) is 8.51. The zero-order valence-corrected chi connectivity index (χ0v) is 14.8. The third-order valence-electron chi connectivity index (χ3n) is 3.73. The molecular formula is C16H18Cl2N2O5. The van der Waals surface area contributed by atoms with Crippen LogP contribution in [0.3, 0.4) is 0 Å². The largest absolute Gasteiger partial charge is 0.481 e. The number of nitrogens with one attached hydrogen (secondary N) is 2. The number of carbonyl (C=O) groups is 3. The highest BCUT2D eigenvalue weighted by atomic mass is 35.5. The van der Waals surface area contributed by atoms with Gasteiger partial charge in [0.1, 0.15) is 0 Å². The topological polar surface area (TPSA) is 105 Å². The summed E-state index contributed by atoms with van der Waals surface area (Å²) in [4.78, 5) is 35.7. The number of carboxylic acid groups (broad SMARTS) is 1. The van der Waals surface area contributed by atoms with Gasteiger partial charge in [-0.1, -0.05) is 23.2 Å². The highest BCUT2D eigenvalue weighted by Crippen LogP contribution is 2.29. The standard InChI is InChI=1S/C16H18Cl2N2O5/c17-10-7-11(18)9-12(8-10)20-15(24)16(4-2-6-25-16)14(23)19-5-1-3-13(21)22/h7-9H,1-6H2,(H,19,23)(H,20,24)(H,21,22). The molecule has 136 valence electrons. The van der Waals surface area contributed by atoms with E-state index in [1.54, 1.807) is 0 Å². The molecule has 1 fully saturated rings. The maximum absolute atomic E-state index is 12.7. The van der Waals surface area contributed by atoms with E-state index < -0.39 is 23.4 Å². The van der Waals surface area contributed by atoms with Crippen LogP contribution >= 0.6 is 23.2 Å². The van der Waals surface area contributed by atoms with E-state index in [9.17, 15) is 14.4 Å². The first-order chi connectivity index (χ1) is 11.8. The molecule has 1 aromatic carbocycles. The van der Waals surface area contributed by atoms with E-state index in [1.807, 2.05) is 0 Å². The number of hydrogen-bond donors (Lipinski definition) is 3. The summed E-state index contributed by atoms with van der Waals surface area (Å²) in [6.45, 7) is 0.429. The van der Waals surface area contributed by atoms with Crippen LogP contribution in [0.25, 0.3) is 0 Å². The summed E-state index contributed by atoms with van der Waals surface area (Å²) in [5.41, 5.74) is -1.28. The lowest BCUT2D eigenvalue weighted by Crippen LogP contribution is -2.54. The highest BCUT2D eigenvalue weighted by Gasteiger charge is 2.49. The van der Waals surface area contributed by atoms with Crippen LogP contribution in [0.4, 0.5) is 5.69 Å². The molecule has 0 spiro atoms. The molecule has 2 rings (SSSR count). The summed E-state index contributed by atoms with van der Waals surface area (Å²) in [5.74, 6) is -2.14. The predicted octanol–water partition coefficient (Wildman–Crippen LogP) is 2.46. The van der Waals surface area contributed by atoms with Crippen LogP contribution in [0.5, 0.6) is 0 Å². The van der Waals surface area contributed by atoms with Crippen molar-refractivity contribution < 1.29 is 24.2 Å². The van der Waals surface area contributed by atoms with Crippen molar-refractivity contribution in [2.45, 2.75) is 31.3 Å². The number of benzene rings is 1. The number of anilines is 1. The lowest BCUT2D eigenvalue weighted by molar-refractivity contribution is -0.152. The molecule has 1 aliphatic rings. The normalized spacial score (nSPS) is 19.4. The fourth-order valence-corrected chi connectivity index (χ4v) is 3.07. The maximum Gasteiger partial charge on any atom is 0.303 e. The molecule has 1 atom stereocenters. The SMILES string of the molecule is O=C(O)CCCNC(=O)C1(C(=O)Nc2cc(Cl)cc(Cl)c2)CCCO1. The van der Waals surface area contributed by atoms with Gasteiger partial charge in [-0.25, -0.2) is 0 Å². The van der Waals surface area contributed by atoms with Gasteiger partial charge in [0, 0.05) is 35.3 Å². The van der Waals surface area contributed by atoms with Gasteiger partial charge in [-0.15, -0.1) is 0 Å². The average Bonchev–Trinajstić information content (AvgIpc) is 3.01. The van der Waals surface area contributed by atoms with Crippen molar-refractivity contribution in [1.82, 2.24) is 5.32 Å². The molecule has 1 aliphatic heterocycles. The molecule has 0 saturated carbocycles. The monoisotopic (exact) mass is 388 g/mol. The molecule has 1 aromatic rings. The molecule has 0 aromatic heterocycles. The van der Waals surface area contributed by atoms with E-state index in [1.165, 1.54) is 18.2 Å². The van der Waals surface area contributed by atoms with Crippen LogP contribution in [0.15, 0.2) is 18.2 Å². The Labute approximate surface area is 154 Å². The van der Waals surface area contributed by atoms with Gasteiger partial charge in [0.2, 0.25) is 5.60 Å². The van der Waals surface area contributed by atoms with E-state index in [-0.39, 0.29) is 32.4 Å². The number of rotatable bonds is 7. The summed E-state index contributed by atoms with van der Waals surface area (Å²) < 4.78 is 5.47. The smallest absolute Gasteiger partial charge is 0.303 e. The van der Waals surface area contributed by atoms with Crippen molar-refractivity contribution in [3.05, 3.63) is 28.2 Å². The fraction of sp³-hybridized carbons (Fsp3) is 0.438. The van der Waals surface area contributed by atoms with Crippen molar-refractivity contribution in [2.24, 2.45) is 0 Å². The second-order valence-electron chi connectivity index (χ2n) is 5.64. The lowest BCUT2D eigenvalue weighted by Gasteiger charge is -2.26. The Morgan fingerprint density at radius 1 is 1.16 bits per heavy atom. The van der Waals surface area contributed by atoms with Gasteiger partial charge in [-0.2, -0.15) is 0 Å². The van der Waals surface area contributed by atoms with Gasteiger partial charge in [0.25, 0.3) is 11.8 Å². The van der Waals surface area contributed by atoms with E-state index in [0.717, 1.165) is 0 Å². The predicted molar refractivity (Wildman–Crippen MR) is 92.9 cm³/mol. The lowest BCUT2D eigenvalue weighted by atomic mass is 9.97. The third-order valence-corrected chi connectivity index (χ3v) is 4.17. The van der Waals surface area contributed by atoms with E-state index >= 15 is 0 Å². The van der Waals surface area contributed by atoms with Crippen molar-refractivity contribution >= 4 is 46.7 Å². The van der Waals surface area contributed by atoms with Crippen LogP contribution in [0, 0.1) is 0 Å². The van der Waals surface area contributed by atoms with Crippen molar-refractivity contribution in [2.75, 3.05) is 18.5 Å². The van der Waals surface area contributed by atoms with Crippen LogP contribution in [-0.4, -0.2) is 41.6 Å². The number of ether oxygens (including phenoxy) is 1. The Morgan fingerprint density at radius 2 is 1.84 bits per heavy atom. The number of aliphatic carboxylic acids is 1. The number of carbonyl (C=O) groups excluding carboxylic acids is 2. The quantitative estimate of drug-likeness (QED) is 0.491. The highest BCUT2D eigenvalue weighted by molar-refractivity contribution is 6.35. The van der Waals surface area contributed by atoms with Crippen LogP contribution in [0.2, 0.25) is 10.0 Å². The van der Waals surface area contributed by atoms with Crippen molar-refractivity contribution in [3.63, 3.8) is 0 Å². The summed E-state index contributed by atoms with van der Waals surface area (Å²) >= 11 is 11.8. The molecule has 2 amide bonds. The zero-order chi connectivity index (χ0) is 18.4. The number of hydrogen-bond acceptors (Lipinski definition) is 4. The second-order valence-corrected chi connectivity index (χ2v) is 6.52. The minimum Gasteiger partial charge on any atom is -0.481 e. The molecule has 0 bridgehead atoms. The molecule has 1 unspecified atom stereocenters. The minimum atomic E-state index is -1.64. The van der Waals surface area contributed by atoms with Gasteiger partial charge in [0.15, 0.2) is 0 Å². The molecule has 9 heteroatoms. The average molecular weight is 389 g/mol. The molecule has 0 aliphatic carbocycles. The van der Waals surface area contributed by atoms with Crippen molar-refractivity contribution in [3.8, 4) is 0 Å². The first kappa shape index (κ1) is 19.5. The molecule has 3 N–H and O–H groups in total. The number of carboxylic acids is 1. The van der Waals surface area contributed by atoms with E-state index in [2.05, 4.69) is 10.6 Å². The van der Waals surface area contributed by atoms with Crippen molar-refractivity contribution in [1.29, 1.82) is 0 Å². The van der Waals surface area contributed by atoms with E-state index in [0.29, 0.717) is 22.2 Å². The Hall–Kier alpha value is -1.83. The van der Waals surface area contributed by atoms with E-state index in [4.69, 9.17) is 33.0 Å². The molecule has 1 saturated heterocycles. The van der Waals surface area contributed by atoms with Crippen LogP contribution in [-0.2, 0) is 19.1 Å². The Balaban J connectivity index is 2.05. The summed E-state index contributed by atoms with van der Waals surface area (Å²) in [7, 11) is 0. The Bertz CT molecular complexity index is 654. The Kier molecular flexibility index (Phi) is 6.64. The summed E-state index contributed by atoms with van der Waals surface area (Å²) in [5, 5.41) is 14.5. The number of amides is 2. The second kappa shape index (κ2) is 8.51. The van der Waals surface area contributed by atoms with Gasteiger partial charge < -0.3 is 20.5 Å². The fourth-order valence-electron chi connectivity index (χ4n) is 2.54. The van der Waals surface area contributed by atoms with Gasteiger partial charge in [0.05, 0.1) is 0 Å². The third kappa shape index (κ3) is 5.07. The van der Waals surface area contributed by atoms with Crippen LogP contribution in [0.1, 0.15) is 25.7 Å². The Morgan fingerprint density at radius 3 is 2.40 bits per heavy atom. The van der Waals surface area contributed by atoms with Gasteiger partial charge in [-0.3, -0.25) is 14.4 Å². The summed E-state index contributed by atoms with van der Waals surface area (Å²) in [6.07, 6.45) is 0.994. The van der Waals surface area contributed by atoms with Crippen LogP contribution < -0.4 is 10.6 Å². The molecular weight excluding hydrogens is 371 g/mol. The van der Waals surface area contributed by atoms with Gasteiger partial charge >= 0.3 is 5.97 Å².